The second kappa shape index (κ2) is 5.36. The molecule has 0 radical (unpaired) electrons. The molecule has 0 aliphatic carbocycles. The first kappa shape index (κ1) is 12.8. The zero-order chi connectivity index (χ0) is 13.1. The van der Waals surface area contributed by atoms with Crippen molar-refractivity contribution in [2.45, 2.75) is 6.54 Å². The number of thiazole rings is 1. The maximum Gasteiger partial charge on any atom is 0.133 e. The van der Waals surface area contributed by atoms with Crippen molar-refractivity contribution in [2.24, 2.45) is 5.73 Å². The summed E-state index contributed by atoms with van der Waals surface area (Å²) < 4.78 is 5.26. The largest absolute Gasteiger partial charge is 0.496 e. The van der Waals surface area contributed by atoms with Crippen LogP contribution in [0.4, 0.5) is 0 Å². The van der Waals surface area contributed by atoms with Crippen molar-refractivity contribution in [1.29, 1.82) is 5.26 Å². The van der Waals surface area contributed by atoms with Crippen LogP contribution in [0.25, 0.3) is 11.3 Å². The lowest BCUT2D eigenvalue weighted by atomic mass is 10.1. The number of halogens is 1. The maximum absolute atomic E-state index is 9.13. The van der Waals surface area contributed by atoms with Crippen molar-refractivity contribution in [2.75, 3.05) is 7.11 Å². The van der Waals surface area contributed by atoms with Gasteiger partial charge in [0.15, 0.2) is 0 Å². The van der Waals surface area contributed by atoms with Gasteiger partial charge >= 0.3 is 0 Å². The minimum Gasteiger partial charge on any atom is -0.496 e. The minimum atomic E-state index is 0.308. The zero-order valence-electron chi connectivity index (χ0n) is 9.61. The number of ether oxygens (including phenoxy) is 1. The van der Waals surface area contributed by atoms with E-state index in [9.17, 15) is 0 Å². The maximum atomic E-state index is 9.13. The number of benzene rings is 1. The highest BCUT2D eigenvalue weighted by Gasteiger charge is 2.16. The Morgan fingerprint density at radius 2 is 2.33 bits per heavy atom. The third kappa shape index (κ3) is 2.31. The van der Waals surface area contributed by atoms with E-state index in [1.807, 2.05) is 0 Å². The van der Waals surface area contributed by atoms with Crippen molar-refractivity contribution < 1.29 is 4.74 Å². The van der Waals surface area contributed by atoms with Crippen LogP contribution in [0.3, 0.4) is 0 Å². The quantitative estimate of drug-likeness (QED) is 0.938. The topological polar surface area (TPSA) is 71.9 Å². The molecule has 0 bridgehead atoms. The molecule has 92 valence electrons. The van der Waals surface area contributed by atoms with Crippen molar-refractivity contribution in [3.63, 3.8) is 0 Å². The molecule has 0 saturated heterocycles. The first-order valence-corrected chi connectivity index (χ1v) is 6.32. The highest BCUT2D eigenvalue weighted by Crippen LogP contribution is 2.35. The molecule has 0 fully saturated rings. The summed E-state index contributed by atoms with van der Waals surface area (Å²) >= 11 is 7.26. The summed E-state index contributed by atoms with van der Waals surface area (Å²) in [6.45, 7) is 0.308. The molecule has 1 aromatic carbocycles. The number of nitrogens with zero attached hydrogens (tertiary/aromatic N) is 2. The van der Waals surface area contributed by atoms with Gasteiger partial charge in [-0.05, 0) is 18.2 Å². The van der Waals surface area contributed by atoms with Crippen LogP contribution >= 0.6 is 22.9 Å². The first-order valence-electron chi connectivity index (χ1n) is 5.13. The molecule has 2 aromatic rings. The summed E-state index contributed by atoms with van der Waals surface area (Å²) in [5, 5.41) is 10.4. The second-order valence-electron chi connectivity index (χ2n) is 3.45. The summed E-state index contributed by atoms with van der Waals surface area (Å²) in [5.41, 5.74) is 6.82. The fourth-order valence-electron chi connectivity index (χ4n) is 1.58. The molecule has 18 heavy (non-hydrogen) atoms. The third-order valence-corrected chi connectivity index (χ3v) is 3.58. The lowest BCUT2D eigenvalue weighted by Gasteiger charge is -2.06. The molecule has 0 aliphatic rings. The van der Waals surface area contributed by atoms with Crippen molar-refractivity contribution in [3.8, 4) is 23.1 Å². The van der Waals surface area contributed by atoms with Crippen LogP contribution in [0.1, 0.15) is 9.88 Å². The van der Waals surface area contributed by atoms with Gasteiger partial charge in [0, 0.05) is 17.1 Å². The number of nitrogens with two attached hydrogens (primary N) is 1. The number of nitriles is 1. The van der Waals surface area contributed by atoms with Gasteiger partial charge in [-0.25, -0.2) is 4.98 Å². The van der Waals surface area contributed by atoms with Gasteiger partial charge in [-0.3, -0.25) is 0 Å². The molecular weight excluding hydrogens is 270 g/mol. The smallest absolute Gasteiger partial charge is 0.133 e. The zero-order valence-corrected chi connectivity index (χ0v) is 11.2. The molecule has 0 spiro atoms. The molecule has 0 aliphatic heterocycles. The van der Waals surface area contributed by atoms with Gasteiger partial charge in [0.25, 0.3) is 0 Å². The van der Waals surface area contributed by atoms with E-state index < -0.39 is 0 Å². The third-order valence-electron chi connectivity index (χ3n) is 2.36. The summed E-state index contributed by atoms with van der Waals surface area (Å²) in [4.78, 5) is 4.86. The predicted molar refractivity (Wildman–Crippen MR) is 71.7 cm³/mol. The molecule has 0 amide bonds. The molecule has 2 N–H and O–H groups in total. The Balaban J connectivity index is 2.64. The van der Waals surface area contributed by atoms with Gasteiger partial charge < -0.3 is 10.5 Å². The van der Waals surface area contributed by atoms with Gasteiger partial charge in [0.2, 0.25) is 0 Å². The Kier molecular flexibility index (Phi) is 3.82. The van der Waals surface area contributed by atoms with Crippen molar-refractivity contribution >= 4 is 22.9 Å². The molecule has 2 rings (SSSR count). The van der Waals surface area contributed by atoms with Gasteiger partial charge in [0.05, 0.1) is 7.11 Å². The summed E-state index contributed by atoms with van der Waals surface area (Å²) in [5.74, 6) is 0.629. The SMILES string of the molecule is COc1ccc(Cl)cc1-c1nc(CN)sc1C#N. The highest BCUT2D eigenvalue weighted by atomic mass is 35.5. The summed E-state index contributed by atoms with van der Waals surface area (Å²) in [6.07, 6.45) is 0. The van der Waals surface area contributed by atoms with Crippen LogP contribution in [0.5, 0.6) is 5.75 Å². The van der Waals surface area contributed by atoms with E-state index >= 15 is 0 Å². The molecule has 6 heteroatoms. The number of aromatic nitrogens is 1. The van der Waals surface area contributed by atoms with Crippen molar-refractivity contribution in [1.82, 2.24) is 4.98 Å². The van der Waals surface area contributed by atoms with Crippen LogP contribution in [0, 0.1) is 11.3 Å². The molecule has 4 nitrogen and oxygen atoms in total. The Hall–Kier alpha value is -1.61. The van der Waals surface area contributed by atoms with E-state index in [2.05, 4.69) is 11.1 Å². The molecule has 0 saturated carbocycles. The Labute approximate surface area is 114 Å². The standard InChI is InChI=1S/C12H10ClN3OS/c1-17-9-3-2-7(13)4-8(9)12-10(5-14)18-11(6-15)16-12/h2-4H,6,15H2,1H3. The van der Waals surface area contributed by atoms with Gasteiger partial charge in [-0.2, -0.15) is 5.26 Å². The monoisotopic (exact) mass is 279 g/mol. The van der Waals surface area contributed by atoms with E-state index in [0.717, 1.165) is 0 Å². The number of hydrogen-bond acceptors (Lipinski definition) is 5. The molecule has 1 aromatic heterocycles. The van der Waals surface area contributed by atoms with E-state index in [-0.39, 0.29) is 0 Å². The van der Waals surface area contributed by atoms with E-state index in [1.54, 1.807) is 25.3 Å². The van der Waals surface area contributed by atoms with E-state index in [4.69, 9.17) is 27.3 Å². The molecular formula is C12H10ClN3OS. The average molecular weight is 280 g/mol. The fourth-order valence-corrected chi connectivity index (χ4v) is 2.50. The number of methoxy groups -OCH3 is 1. The Morgan fingerprint density at radius 1 is 1.56 bits per heavy atom. The number of rotatable bonds is 3. The first-order chi connectivity index (χ1) is 8.69. The van der Waals surface area contributed by atoms with E-state index in [1.165, 1.54) is 11.3 Å². The summed E-state index contributed by atoms with van der Waals surface area (Å²) in [7, 11) is 1.56. The molecule has 0 unspecified atom stereocenters. The minimum absolute atomic E-state index is 0.308. The van der Waals surface area contributed by atoms with Crippen LogP contribution in [-0.4, -0.2) is 12.1 Å². The average Bonchev–Trinajstić information content (AvgIpc) is 2.81. The highest BCUT2D eigenvalue weighted by molar-refractivity contribution is 7.12. The van der Waals surface area contributed by atoms with E-state index in [0.29, 0.717) is 38.5 Å². The van der Waals surface area contributed by atoms with Crippen LogP contribution in [-0.2, 0) is 6.54 Å². The van der Waals surface area contributed by atoms with Crippen molar-refractivity contribution in [3.05, 3.63) is 33.1 Å². The van der Waals surface area contributed by atoms with Crippen LogP contribution in [0.2, 0.25) is 5.02 Å². The van der Waals surface area contributed by atoms with Gasteiger partial charge in [-0.1, -0.05) is 11.6 Å². The number of hydrogen-bond donors (Lipinski definition) is 1. The fraction of sp³-hybridized carbons (Fsp3) is 0.167. The van der Waals surface area contributed by atoms with Crippen LogP contribution in [0.15, 0.2) is 18.2 Å². The lowest BCUT2D eigenvalue weighted by Crippen LogP contribution is -1.95. The molecule has 1 heterocycles. The van der Waals surface area contributed by atoms with Gasteiger partial charge in [-0.15, -0.1) is 11.3 Å². The van der Waals surface area contributed by atoms with Crippen LogP contribution < -0.4 is 10.5 Å². The Bertz CT molecular complexity index is 618. The predicted octanol–water partition coefficient (Wildman–Crippen LogP) is 2.80. The normalized spacial score (nSPS) is 10.1. The van der Waals surface area contributed by atoms with Gasteiger partial charge in [0.1, 0.15) is 27.4 Å². The second-order valence-corrected chi connectivity index (χ2v) is 4.97. The Morgan fingerprint density at radius 3 is 2.94 bits per heavy atom. The summed E-state index contributed by atoms with van der Waals surface area (Å²) in [6, 6.07) is 7.33. The molecule has 0 atom stereocenters. The lowest BCUT2D eigenvalue weighted by molar-refractivity contribution is 0.416.